The van der Waals surface area contributed by atoms with Gasteiger partial charge in [0.15, 0.2) is 0 Å². The van der Waals surface area contributed by atoms with E-state index in [0.29, 0.717) is 37.9 Å². The maximum Gasteiger partial charge on any atom is 0.255 e. The molecule has 0 radical (unpaired) electrons. The molecule has 164 valence electrons. The van der Waals surface area contributed by atoms with Crippen molar-refractivity contribution in [1.82, 2.24) is 14.8 Å². The molecule has 6 nitrogen and oxygen atoms in total. The molecule has 0 bridgehead atoms. The fraction of sp³-hybridized carbons (Fsp3) is 0.520. The highest BCUT2D eigenvalue weighted by Crippen LogP contribution is 2.37. The van der Waals surface area contributed by atoms with Gasteiger partial charge < -0.3 is 14.4 Å². The molecule has 2 saturated heterocycles. The van der Waals surface area contributed by atoms with Crippen LogP contribution in [0.2, 0.25) is 0 Å². The fourth-order valence-electron chi connectivity index (χ4n) is 5.02. The minimum atomic E-state index is -0.110. The Kier molecular flexibility index (Phi) is 5.44. The van der Waals surface area contributed by atoms with Gasteiger partial charge in [0.1, 0.15) is 11.4 Å². The predicted octanol–water partition coefficient (Wildman–Crippen LogP) is 3.60. The Labute approximate surface area is 184 Å². The first kappa shape index (κ1) is 20.5. The zero-order valence-corrected chi connectivity index (χ0v) is 18.5. The smallest absolute Gasteiger partial charge is 0.255 e. The minimum Gasteiger partial charge on any atom is -0.487 e. The molecule has 4 heterocycles. The molecule has 1 amide bonds. The van der Waals surface area contributed by atoms with Crippen molar-refractivity contribution < 1.29 is 14.3 Å². The number of aromatic nitrogens is 1. The summed E-state index contributed by atoms with van der Waals surface area (Å²) in [6.45, 7) is 8.79. The Morgan fingerprint density at radius 3 is 2.77 bits per heavy atom. The molecule has 5 rings (SSSR count). The summed E-state index contributed by atoms with van der Waals surface area (Å²) in [5, 5.41) is 0. The van der Waals surface area contributed by atoms with Crippen LogP contribution < -0.4 is 4.74 Å². The van der Waals surface area contributed by atoms with E-state index in [9.17, 15) is 4.79 Å². The number of fused-ring (bicyclic) bond motifs is 1. The number of pyridine rings is 1. The lowest BCUT2D eigenvalue weighted by Crippen LogP contribution is -2.40. The van der Waals surface area contributed by atoms with E-state index in [1.807, 2.05) is 17.0 Å². The molecule has 3 aliphatic heterocycles. The number of morpholine rings is 1. The van der Waals surface area contributed by atoms with E-state index in [-0.39, 0.29) is 11.5 Å². The Morgan fingerprint density at radius 2 is 2.00 bits per heavy atom. The van der Waals surface area contributed by atoms with Crippen LogP contribution in [0.3, 0.4) is 0 Å². The van der Waals surface area contributed by atoms with Crippen LogP contribution in [0.1, 0.15) is 59.9 Å². The van der Waals surface area contributed by atoms with Crippen molar-refractivity contribution in [1.29, 1.82) is 0 Å². The molecule has 0 spiro atoms. The van der Waals surface area contributed by atoms with Crippen LogP contribution in [-0.4, -0.2) is 59.1 Å². The summed E-state index contributed by atoms with van der Waals surface area (Å²) in [6.07, 6.45) is 4.98. The van der Waals surface area contributed by atoms with Gasteiger partial charge in [-0.05, 0) is 62.6 Å². The zero-order chi connectivity index (χ0) is 21.4. The standard InChI is InChI=1S/C25H31N3O3/c1-25(2)15-20-14-18(5-8-23(20)31-25)17-28-9-3-4-22(28)21-7-6-19(16-26-21)24(29)27-10-12-30-13-11-27/h5-8,14,16,22H,3-4,9-13,15,17H2,1-2H3. The van der Waals surface area contributed by atoms with Gasteiger partial charge in [-0.1, -0.05) is 12.1 Å². The quantitative estimate of drug-likeness (QED) is 0.755. The Bertz CT molecular complexity index is 951. The van der Waals surface area contributed by atoms with E-state index in [4.69, 9.17) is 14.5 Å². The number of carbonyl (C=O) groups is 1. The van der Waals surface area contributed by atoms with Crippen LogP contribution in [0.5, 0.6) is 5.75 Å². The number of hydrogen-bond acceptors (Lipinski definition) is 5. The third-order valence-corrected chi connectivity index (χ3v) is 6.55. The maximum atomic E-state index is 12.7. The molecule has 31 heavy (non-hydrogen) atoms. The summed E-state index contributed by atoms with van der Waals surface area (Å²) < 4.78 is 11.4. The number of carbonyl (C=O) groups excluding carboxylic acids is 1. The molecule has 0 aliphatic carbocycles. The first-order valence-electron chi connectivity index (χ1n) is 11.4. The lowest BCUT2D eigenvalue weighted by atomic mass is 10.00. The molecular formula is C25H31N3O3. The highest BCUT2D eigenvalue weighted by molar-refractivity contribution is 5.94. The van der Waals surface area contributed by atoms with Crippen LogP contribution >= 0.6 is 0 Å². The average molecular weight is 422 g/mol. The molecule has 0 saturated carbocycles. The van der Waals surface area contributed by atoms with E-state index >= 15 is 0 Å². The molecule has 1 aromatic heterocycles. The van der Waals surface area contributed by atoms with Gasteiger partial charge in [-0.15, -0.1) is 0 Å². The van der Waals surface area contributed by atoms with Gasteiger partial charge in [0.2, 0.25) is 0 Å². The van der Waals surface area contributed by atoms with E-state index in [1.54, 1.807) is 6.20 Å². The van der Waals surface area contributed by atoms with Crippen molar-refractivity contribution >= 4 is 5.91 Å². The summed E-state index contributed by atoms with van der Waals surface area (Å²) in [4.78, 5) is 21.7. The van der Waals surface area contributed by atoms with Crippen LogP contribution in [-0.2, 0) is 17.7 Å². The van der Waals surface area contributed by atoms with Crippen molar-refractivity contribution in [2.24, 2.45) is 0 Å². The summed E-state index contributed by atoms with van der Waals surface area (Å²) in [7, 11) is 0. The number of rotatable bonds is 4. The largest absolute Gasteiger partial charge is 0.487 e. The van der Waals surface area contributed by atoms with Gasteiger partial charge in [0.25, 0.3) is 5.91 Å². The first-order chi connectivity index (χ1) is 15.0. The van der Waals surface area contributed by atoms with E-state index in [1.165, 1.54) is 17.5 Å². The molecule has 1 aromatic carbocycles. The lowest BCUT2D eigenvalue weighted by molar-refractivity contribution is 0.0302. The summed E-state index contributed by atoms with van der Waals surface area (Å²) in [5.41, 5.74) is 4.24. The van der Waals surface area contributed by atoms with Crippen molar-refractivity contribution in [3.05, 3.63) is 58.9 Å². The van der Waals surface area contributed by atoms with Gasteiger partial charge in [0.05, 0.1) is 30.5 Å². The van der Waals surface area contributed by atoms with Crippen LogP contribution in [0.15, 0.2) is 36.5 Å². The monoisotopic (exact) mass is 421 g/mol. The molecule has 2 fully saturated rings. The minimum absolute atomic E-state index is 0.0499. The average Bonchev–Trinajstić information content (AvgIpc) is 3.36. The molecule has 1 atom stereocenters. The molecule has 0 N–H and O–H groups in total. The highest BCUT2D eigenvalue weighted by Gasteiger charge is 2.31. The molecule has 3 aliphatic rings. The number of likely N-dealkylation sites (tertiary alicyclic amines) is 1. The number of benzene rings is 1. The normalized spacial score (nSPS) is 22.9. The Hall–Kier alpha value is -2.44. The number of amides is 1. The summed E-state index contributed by atoms with van der Waals surface area (Å²) in [6, 6.07) is 10.9. The number of hydrogen-bond donors (Lipinski definition) is 0. The topological polar surface area (TPSA) is 54.9 Å². The van der Waals surface area contributed by atoms with Crippen molar-refractivity contribution in [3.8, 4) is 5.75 Å². The fourth-order valence-corrected chi connectivity index (χ4v) is 5.02. The van der Waals surface area contributed by atoms with Gasteiger partial charge in [-0.25, -0.2) is 0 Å². The third-order valence-electron chi connectivity index (χ3n) is 6.55. The summed E-state index contributed by atoms with van der Waals surface area (Å²) >= 11 is 0. The van der Waals surface area contributed by atoms with E-state index in [2.05, 4.69) is 36.9 Å². The van der Waals surface area contributed by atoms with Gasteiger partial charge in [-0.3, -0.25) is 14.7 Å². The second-order valence-electron chi connectivity index (χ2n) is 9.49. The van der Waals surface area contributed by atoms with Gasteiger partial charge >= 0.3 is 0 Å². The summed E-state index contributed by atoms with van der Waals surface area (Å²) in [5.74, 6) is 1.07. The lowest BCUT2D eigenvalue weighted by Gasteiger charge is -2.27. The molecule has 6 heteroatoms. The molecule has 2 aromatic rings. The van der Waals surface area contributed by atoms with Crippen LogP contribution in [0.4, 0.5) is 0 Å². The molecule has 1 unspecified atom stereocenters. The van der Waals surface area contributed by atoms with Crippen LogP contribution in [0, 0.1) is 0 Å². The molecular weight excluding hydrogens is 390 g/mol. The van der Waals surface area contributed by atoms with Gasteiger partial charge in [0, 0.05) is 32.3 Å². The van der Waals surface area contributed by atoms with Crippen molar-refractivity contribution in [3.63, 3.8) is 0 Å². The third kappa shape index (κ3) is 4.32. The Morgan fingerprint density at radius 1 is 1.16 bits per heavy atom. The van der Waals surface area contributed by atoms with Crippen molar-refractivity contribution in [2.45, 2.75) is 51.3 Å². The van der Waals surface area contributed by atoms with Crippen molar-refractivity contribution in [2.75, 3.05) is 32.8 Å². The maximum absolute atomic E-state index is 12.7. The van der Waals surface area contributed by atoms with E-state index < -0.39 is 0 Å². The predicted molar refractivity (Wildman–Crippen MR) is 118 cm³/mol. The SMILES string of the molecule is CC1(C)Cc2cc(CN3CCCC3c3ccc(C(=O)N4CCOCC4)cn3)ccc2O1. The number of ether oxygens (including phenoxy) is 2. The second kappa shape index (κ2) is 8.24. The van der Waals surface area contributed by atoms with E-state index in [0.717, 1.165) is 37.4 Å². The highest BCUT2D eigenvalue weighted by atomic mass is 16.5. The first-order valence-corrected chi connectivity index (χ1v) is 11.4. The number of nitrogens with zero attached hydrogens (tertiary/aromatic N) is 3. The second-order valence-corrected chi connectivity index (χ2v) is 9.49. The zero-order valence-electron chi connectivity index (χ0n) is 18.5. The van der Waals surface area contributed by atoms with Gasteiger partial charge in [-0.2, -0.15) is 0 Å². The Balaban J connectivity index is 1.27. The van der Waals surface area contributed by atoms with Crippen LogP contribution in [0.25, 0.3) is 0 Å².